The SMILES string of the molecule is CCc1nc(NC(=O)[C@@H]2Cc3ccccc3CN2)sc1C. The molecular weight excluding hydrogens is 282 g/mol. The molecule has 1 aliphatic rings. The average molecular weight is 301 g/mol. The first-order valence-electron chi connectivity index (χ1n) is 7.24. The Morgan fingerprint density at radius 1 is 1.43 bits per heavy atom. The summed E-state index contributed by atoms with van der Waals surface area (Å²) in [6.45, 7) is 4.86. The fourth-order valence-electron chi connectivity index (χ4n) is 2.64. The third-order valence-corrected chi connectivity index (χ3v) is 4.78. The third-order valence-electron chi connectivity index (χ3n) is 3.86. The molecular formula is C16H19N3OS. The van der Waals surface area contributed by atoms with E-state index in [-0.39, 0.29) is 11.9 Å². The molecule has 1 aliphatic heterocycles. The van der Waals surface area contributed by atoms with Crippen molar-refractivity contribution in [1.29, 1.82) is 0 Å². The minimum atomic E-state index is -0.186. The van der Waals surface area contributed by atoms with Crippen molar-refractivity contribution in [3.63, 3.8) is 0 Å². The molecule has 0 unspecified atom stereocenters. The first-order chi connectivity index (χ1) is 10.2. The van der Waals surface area contributed by atoms with Crippen LogP contribution in [0.2, 0.25) is 0 Å². The van der Waals surface area contributed by atoms with E-state index in [1.165, 1.54) is 16.0 Å². The highest BCUT2D eigenvalue weighted by Crippen LogP contribution is 2.23. The van der Waals surface area contributed by atoms with E-state index in [1.807, 2.05) is 19.1 Å². The number of carbonyl (C=O) groups is 1. The number of nitrogens with one attached hydrogen (secondary N) is 2. The molecule has 0 saturated heterocycles. The predicted octanol–water partition coefficient (Wildman–Crippen LogP) is 2.67. The second-order valence-electron chi connectivity index (χ2n) is 5.27. The van der Waals surface area contributed by atoms with Crippen molar-refractivity contribution in [2.24, 2.45) is 0 Å². The predicted molar refractivity (Wildman–Crippen MR) is 85.6 cm³/mol. The zero-order chi connectivity index (χ0) is 14.8. The minimum absolute atomic E-state index is 0.000839. The van der Waals surface area contributed by atoms with Crippen molar-refractivity contribution in [2.75, 3.05) is 5.32 Å². The van der Waals surface area contributed by atoms with Gasteiger partial charge < -0.3 is 10.6 Å². The molecule has 1 atom stereocenters. The number of aromatic nitrogens is 1. The van der Waals surface area contributed by atoms with Crippen molar-refractivity contribution in [1.82, 2.24) is 10.3 Å². The van der Waals surface area contributed by atoms with Crippen molar-refractivity contribution in [3.05, 3.63) is 46.0 Å². The molecule has 1 amide bonds. The van der Waals surface area contributed by atoms with Gasteiger partial charge in [0.15, 0.2) is 5.13 Å². The number of benzene rings is 1. The van der Waals surface area contributed by atoms with Gasteiger partial charge in [-0.05, 0) is 30.9 Å². The van der Waals surface area contributed by atoms with Gasteiger partial charge in [-0.3, -0.25) is 4.79 Å². The van der Waals surface area contributed by atoms with E-state index >= 15 is 0 Å². The Hall–Kier alpha value is -1.72. The molecule has 1 aromatic carbocycles. The van der Waals surface area contributed by atoms with Gasteiger partial charge in [0.25, 0.3) is 0 Å². The van der Waals surface area contributed by atoms with Crippen LogP contribution < -0.4 is 10.6 Å². The topological polar surface area (TPSA) is 54.0 Å². The standard InChI is InChI=1S/C16H19N3OS/c1-3-13-10(2)21-16(18-13)19-15(20)14-8-11-6-4-5-7-12(11)9-17-14/h4-7,14,17H,3,8-9H2,1-2H3,(H,18,19,20)/t14-/m0/s1. The van der Waals surface area contributed by atoms with Crippen LogP contribution >= 0.6 is 11.3 Å². The summed E-state index contributed by atoms with van der Waals surface area (Å²) >= 11 is 1.55. The van der Waals surface area contributed by atoms with Crippen LogP contribution in [-0.2, 0) is 24.2 Å². The molecule has 110 valence electrons. The maximum atomic E-state index is 12.4. The second-order valence-corrected chi connectivity index (χ2v) is 6.47. The monoisotopic (exact) mass is 301 g/mol. The number of hydrogen-bond donors (Lipinski definition) is 2. The Balaban J connectivity index is 1.69. The molecule has 4 nitrogen and oxygen atoms in total. The number of carbonyl (C=O) groups excluding carboxylic acids is 1. The van der Waals surface area contributed by atoms with E-state index in [4.69, 9.17) is 0 Å². The second kappa shape index (κ2) is 5.95. The highest BCUT2D eigenvalue weighted by Gasteiger charge is 2.24. The van der Waals surface area contributed by atoms with Crippen LogP contribution in [-0.4, -0.2) is 16.9 Å². The van der Waals surface area contributed by atoms with Gasteiger partial charge in [-0.15, -0.1) is 11.3 Å². The lowest BCUT2D eigenvalue weighted by atomic mass is 9.95. The highest BCUT2D eigenvalue weighted by atomic mass is 32.1. The van der Waals surface area contributed by atoms with E-state index in [2.05, 4.69) is 34.7 Å². The molecule has 0 radical (unpaired) electrons. The fraction of sp³-hybridized carbons (Fsp3) is 0.375. The van der Waals surface area contributed by atoms with Gasteiger partial charge in [-0.2, -0.15) is 0 Å². The fourth-order valence-corrected chi connectivity index (χ4v) is 3.55. The van der Waals surface area contributed by atoms with E-state index in [0.29, 0.717) is 5.13 Å². The Bertz CT molecular complexity index is 665. The van der Waals surface area contributed by atoms with Crippen molar-refractivity contribution >= 4 is 22.4 Å². The molecule has 2 aromatic rings. The Labute approximate surface area is 128 Å². The normalized spacial score (nSPS) is 17.3. The molecule has 0 aliphatic carbocycles. The van der Waals surface area contributed by atoms with Crippen LogP contribution in [0.25, 0.3) is 0 Å². The minimum Gasteiger partial charge on any atom is -0.301 e. The molecule has 0 saturated carbocycles. The quantitative estimate of drug-likeness (QED) is 0.916. The lowest BCUT2D eigenvalue weighted by molar-refractivity contribution is -0.118. The van der Waals surface area contributed by atoms with E-state index in [0.717, 1.165) is 25.1 Å². The zero-order valence-electron chi connectivity index (χ0n) is 12.3. The third kappa shape index (κ3) is 2.99. The summed E-state index contributed by atoms with van der Waals surface area (Å²) in [7, 11) is 0. The number of anilines is 1. The molecule has 21 heavy (non-hydrogen) atoms. The molecule has 1 aromatic heterocycles. The van der Waals surface area contributed by atoms with Crippen LogP contribution in [0.3, 0.4) is 0 Å². The number of hydrogen-bond acceptors (Lipinski definition) is 4. The number of fused-ring (bicyclic) bond motifs is 1. The van der Waals surface area contributed by atoms with E-state index in [1.54, 1.807) is 11.3 Å². The van der Waals surface area contributed by atoms with Gasteiger partial charge in [0.05, 0.1) is 11.7 Å². The van der Waals surface area contributed by atoms with Crippen LogP contribution in [0, 0.1) is 6.92 Å². The molecule has 2 N–H and O–H groups in total. The van der Waals surface area contributed by atoms with Crippen molar-refractivity contribution < 1.29 is 4.79 Å². The molecule has 2 heterocycles. The Morgan fingerprint density at radius 2 is 2.19 bits per heavy atom. The molecule has 3 rings (SSSR count). The van der Waals surface area contributed by atoms with E-state index in [9.17, 15) is 4.79 Å². The summed E-state index contributed by atoms with van der Waals surface area (Å²) in [5, 5.41) is 6.94. The van der Waals surface area contributed by atoms with Gasteiger partial charge in [0, 0.05) is 11.4 Å². The highest BCUT2D eigenvalue weighted by molar-refractivity contribution is 7.15. The number of rotatable bonds is 3. The zero-order valence-corrected chi connectivity index (χ0v) is 13.1. The van der Waals surface area contributed by atoms with Crippen LogP contribution in [0.4, 0.5) is 5.13 Å². The van der Waals surface area contributed by atoms with Crippen molar-refractivity contribution in [3.8, 4) is 0 Å². The summed E-state index contributed by atoms with van der Waals surface area (Å²) in [6, 6.07) is 8.07. The molecule has 0 spiro atoms. The Morgan fingerprint density at radius 3 is 2.90 bits per heavy atom. The summed E-state index contributed by atoms with van der Waals surface area (Å²) < 4.78 is 0. The average Bonchev–Trinajstić information content (AvgIpc) is 2.86. The number of thiazole rings is 1. The van der Waals surface area contributed by atoms with Gasteiger partial charge in [-0.25, -0.2) is 4.98 Å². The first kappa shape index (κ1) is 14.2. The summed E-state index contributed by atoms with van der Waals surface area (Å²) in [5.74, 6) is 0.000839. The van der Waals surface area contributed by atoms with Gasteiger partial charge in [0.2, 0.25) is 5.91 Å². The molecule has 5 heteroatoms. The maximum absolute atomic E-state index is 12.4. The lowest BCUT2D eigenvalue weighted by Crippen LogP contribution is -2.44. The van der Waals surface area contributed by atoms with Crippen LogP contribution in [0.1, 0.15) is 28.6 Å². The van der Waals surface area contributed by atoms with Crippen molar-refractivity contribution in [2.45, 2.75) is 39.3 Å². The molecule has 0 fully saturated rings. The smallest absolute Gasteiger partial charge is 0.243 e. The number of nitrogens with zero attached hydrogens (tertiary/aromatic N) is 1. The van der Waals surface area contributed by atoms with Gasteiger partial charge in [-0.1, -0.05) is 31.2 Å². The number of aryl methyl sites for hydroxylation is 2. The van der Waals surface area contributed by atoms with Crippen LogP contribution in [0.15, 0.2) is 24.3 Å². The van der Waals surface area contributed by atoms with Crippen LogP contribution in [0.5, 0.6) is 0 Å². The largest absolute Gasteiger partial charge is 0.301 e. The summed E-state index contributed by atoms with van der Waals surface area (Å²) in [6.07, 6.45) is 1.63. The first-order valence-corrected chi connectivity index (χ1v) is 8.06. The number of amides is 1. The maximum Gasteiger partial charge on any atom is 0.243 e. The van der Waals surface area contributed by atoms with E-state index < -0.39 is 0 Å². The van der Waals surface area contributed by atoms with Gasteiger partial charge >= 0.3 is 0 Å². The Kier molecular flexibility index (Phi) is 4.03. The molecule has 0 bridgehead atoms. The lowest BCUT2D eigenvalue weighted by Gasteiger charge is -2.24. The summed E-state index contributed by atoms with van der Waals surface area (Å²) in [4.78, 5) is 18.0. The summed E-state index contributed by atoms with van der Waals surface area (Å²) in [5.41, 5.74) is 3.60. The van der Waals surface area contributed by atoms with Gasteiger partial charge in [0.1, 0.15) is 0 Å².